The maximum absolute atomic E-state index is 5.36. The van der Waals surface area contributed by atoms with Gasteiger partial charge in [-0.3, -0.25) is 9.89 Å². The van der Waals surface area contributed by atoms with Crippen LogP contribution < -0.4 is 10.6 Å². The van der Waals surface area contributed by atoms with E-state index in [1.54, 1.807) is 13.4 Å². The van der Waals surface area contributed by atoms with Crippen LogP contribution in [0.3, 0.4) is 0 Å². The fourth-order valence-corrected chi connectivity index (χ4v) is 2.76. The number of nitrogens with zero attached hydrogens (tertiary/aromatic N) is 2. The molecule has 0 saturated carbocycles. The first-order valence-corrected chi connectivity index (χ1v) is 9.33. The van der Waals surface area contributed by atoms with Crippen molar-refractivity contribution in [2.45, 2.75) is 52.6 Å². The van der Waals surface area contributed by atoms with Gasteiger partial charge < -0.3 is 19.8 Å². The first-order valence-electron chi connectivity index (χ1n) is 9.33. The SMILES string of the molecule is COCCNC(=NCCCN(C(C)C)C(C)C)NCCc1ccco1. The van der Waals surface area contributed by atoms with E-state index < -0.39 is 0 Å². The van der Waals surface area contributed by atoms with Gasteiger partial charge in [0, 0.05) is 51.8 Å². The number of rotatable bonds is 12. The van der Waals surface area contributed by atoms with Crippen LogP contribution in [-0.2, 0) is 11.2 Å². The van der Waals surface area contributed by atoms with E-state index in [0.717, 1.165) is 50.7 Å². The third kappa shape index (κ3) is 9.51. The number of nitrogens with one attached hydrogen (secondary N) is 2. The average molecular weight is 353 g/mol. The van der Waals surface area contributed by atoms with Gasteiger partial charge in [0.15, 0.2) is 5.96 Å². The van der Waals surface area contributed by atoms with Crippen LogP contribution in [0, 0.1) is 0 Å². The lowest BCUT2D eigenvalue weighted by Gasteiger charge is -2.30. The van der Waals surface area contributed by atoms with E-state index in [0.29, 0.717) is 18.7 Å². The van der Waals surface area contributed by atoms with Crippen molar-refractivity contribution in [2.24, 2.45) is 4.99 Å². The first-order chi connectivity index (χ1) is 12.0. The molecule has 0 aliphatic carbocycles. The molecule has 0 spiro atoms. The molecule has 6 heteroatoms. The Bertz CT molecular complexity index is 450. The van der Waals surface area contributed by atoms with E-state index in [1.165, 1.54) is 0 Å². The number of guanidine groups is 1. The monoisotopic (exact) mass is 352 g/mol. The summed E-state index contributed by atoms with van der Waals surface area (Å²) >= 11 is 0. The summed E-state index contributed by atoms with van der Waals surface area (Å²) in [6.45, 7) is 13.1. The van der Waals surface area contributed by atoms with E-state index in [2.05, 4.69) is 48.2 Å². The van der Waals surface area contributed by atoms with Crippen molar-refractivity contribution < 1.29 is 9.15 Å². The molecule has 0 unspecified atom stereocenters. The molecule has 1 aromatic heterocycles. The van der Waals surface area contributed by atoms with Crippen LogP contribution in [0.25, 0.3) is 0 Å². The minimum Gasteiger partial charge on any atom is -0.469 e. The molecule has 0 bridgehead atoms. The van der Waals surface area contributed by atoms with Crippen LogP contribution >= 0.6 is 0 Å². The molecule has 25 heavy (non-hydrogen) atoms. The first kappa shape index (κ1) is 21.5. The topological polar surface area (TPSA) is 62.0 Å². The highest BCUT2D eigenvalue weighted by molar-refractivity contribution is 5.79. The molecule has 6 nitrogen and oxygen atoms in total. The number of hydrogen-bond donors (Lipinski definition) is 2. The predicted octanol–water partition coefficient (Wildman–Crippen LogP) is 2.51. The number of hydrogen-bond acceptors (Lipinski definition) is 4. The summed E-state index contributed by atoms with van der Waals surface area (Å²) in [6.07, 6.45) is 3.59. The van der Waals surface area contributed by atoms with Gasteiger partial charge in [-0.25, -0.2) is 0 Å². The summed E-state index contributed by atoms with van der Waals surface area (Å²) in [4.78, 5) is 7.18. The van der Waals surface area contributed by atoms with Crippen molar-refractivity contribution in [3.8, 4) is 0 Å². The highest BCUT2D eigenvalue weighted by Gasteiger charge is 2.12. The Morgan fingerprint density at radius 1 is 1.20 bits per heavy atom. The lowest BCUT2D eigenvalue weighted by Crippen LogP contribution is -2.40. The maximum atomic E-state index is 5.36. The smallest absolute Gasteiger partial charge is 0.191 e. The van der Waals surface area contributed by atoms with E-state index in [4.69, 9.17) is 9.15 Å². The van der Waals surface area contributed by atoms with Crippen LogP contribution in [0.15, 0.2) is 27.8 Å². The molecule has 1 heterocycles. The van der Waals surface area contributed by atoms with Crippen LogP contribution in [0.4, 0.5) is 0 Å². The zero-order chi connectivity index (χ0) is 18.5. The molecule has 0 radical (unpaired) electrons. The van der Waals surface area contributed by atoms with Crippen molar-refractivity contribution in [3.63, 3.8) is 0 Å². The maximum Gasteiger partial charge on any atom is 0.191 e. The number of aliphatic imine (C=N–C) groups is 1. The Morgan fingerprint density at radius 2 is 1.92 bits per heavy atom. The molecular formula is C19H36N4O2. The van der Waals surface area contributed by atoms with Gasteiger partial charge in [-0.15, -0.1) is 0 Å². The molecule has 0 aliphatic rings. The lowest BCUT2D eigenvalue weighted by molar-refractivity contribution is 0.174. The molecule has 0 aliphatic heterocycles. The predicted molar refractivity (Wildman–Crippen MR) is 104 cm³/mol. The second-order valence-corrected chi connectivity index (χ2v) is 6.68. The molecule has 0 saturated heterocycles. The molecule has 1 rings (SSSR count). The molecule has 1 aromatic rings. The van der Waals surface area contributed by atoms with Crippen LogP contribution in [0.5, 0.6) is 0 Å². The van der Waals surface area contributed by atoms with Gasteiger partial charge in [-0.2, -0.15) is 0 Å². The zero-order valence-electron chi connectivity index (χ0n) is 16.5. The Kier molecular flexibility index (Phi) is 11.0. The highest BCUT2D eigenvalue weighted by atomic mass is 16.5. The van der Waals surface area contributed by atoms with E-state index in [1.807, 2.05) is 12.1 Å². The second-order valence-electron chi connectivity index (χ2n) is 6.68. The van der Waals surface area contributed by atoms with Crippen LogP contribution in [0.2, 0.25) is 0 Å². The summed E-state index contributed by atoms with van der Waals surface area (Å²) < 4.78 is 10.5. The fraction of sp³-hybridized carbons (Fsp3) is 0.737. The molecular weight excluding hydrogens is 316 g/mol. The molecule has 0 amide bonds. The minimum absolute atomic E-state index is 0.565. The van der Waals surface area contributed by atoms with Crippen LogP contribution in [0.1, 0.15) is 39.9 Å². The second kappa shape index (κ2) is 12.8. The summed E-state index contributed by atoms with van der Waals surface area (Å²) in [5.74, 6) is 1.82. The number of methoxy groups -OCH3 is 1. The van der Waals surface area contributed by atoms with Gasteiger partial charge >= 0.3 is 0 Å². The molecule has 0 atom stereocenters. The summed E-state index contributed by atoms with van der Waals surface area (Å²) in [5.41, 5.74) is 0. The highest BCUT2D eigenvalue weighted by Crippen LogP contribution is 2.05. The van der Waals surface area contributed by atoms with Crippen molar-refractivity contribution in [3.05, 3.63) is 24.2 Å². The Morgan fingerprint density at radius 3 is 2.52 bits per heavy atom. The average Bonchev–Trinajstić information content (AvgIpc) is 3.07. The van der Waals surface area contributed by atoms with Gasteiger partial charge in [-0.1, -0.05) is 0 Å². The van der Waals surface area contributed by atoms with Gasteiger partial charge in [-0.05, 0) is 46.2 Å². The molecule has 0 fully saturated rings. The fourth-order valence-electron chi connectivity index (χ4n) is 2.76. The Balaban J connectivity index is 2.39. The van der Waals surface area contributed by atoms with E-state index in [9.17, 15) is 0 Å². The minimum atomic E-state index is 0.565. The standard InChI is InChI=1S/C19H36N4O2/c1-16(2)23(17(3)4)13-7-10-20-19(22-12-15-24-5)21-11-9-18-8-6-14-25-18/h6,8,14,16-17H,7,9-13,15H2,1-5H3,(H2,20,21,22). The normalized spacial score (nSPS) is 12.4. The van der Waals surface area contributed by atoms with Crippen molar-refractivity contribution in [2.75, 3.05) is 39.9 Å². The van der Waals surface area contributed by atoms with Gasteiger partial charge in [0.1, 0.15) is 5.76 Å². The van der Waals surface area contributed by atoms with Crippen molar-refractivity contribution in [1.29, 1.82) is 0 Å². The Labute approximate surface area is 153 Å². The summed E-state index contributed by atoms with van der Waals surface area (Å²) in [7, 11) is 1.70. The zero-order valence-corrected chi connectivity index (χ0v) is 16.5. The van der Waals surface area contributed by atoms with Crippen molar-refractivity contribution >= 4 is 5.96 Å². The third-order valence-corrected chi connectivity index (χ3v) is 4.01. The molecule has 0 aromatic carbocycles. The molecule has 144 valence electrons. The van der Waals surface area contributed by atoms with E-state index >= 15 is 0 Å². The van der Waals surface area contributed by atoms with Gasteiger partial charge in [0.2, 0.25) is 0 Å². The third-order valence-electron chi connectivity index (χ3n) is 4.01. The van der Waals surface area contributed by atoms with Crippen molar-refractivity contribution in [1.82, 2.24) is 15.5 Å². The van der Waals surface area contributed by atoms with Gasteiger partial charge in [0.05, 0.1) is 12.9 Å². The molecule has 2 N–H and O–H groups in total. The number of ether oxygens (including phenoxy) is 1. The summed E-state index contributed by atoms with van der Waals surface area (Å²) in [6, 6.07) is 5.03. The lowest BCUT2D eigenvalue weighted by atomic mass is 10.2. The van der Waals surface area contributed by atoms with Crippen LogP contribution in [-0.4, -0.2) is 62.8 Å². The summed E-state index contributed by atoms with van der Waals surface area (Å²) in [5, 5.41) is 6.66. The van der Waals surface area contributed by atoms with E-state index in [-0.39, 0.29) is 0 Å². The Hall–Kier alpha value is -1.53. The quantitative estimate of drug-likeness (QED) is 0.344. The van der Waals surface area contributed by atoms with Gasteiger partial charge in [0.25, 0.3) is 0 Å². The number of furan rings is 1. The largest absolute Gasteiger partial charge is 0.469 e.